The van der Waals surface area contributed by atoms with Crippen LogP contribution < -0.4 is 4.90 Å². The number of hydrogen-bond donors (Lipinski definition) is 1. The molecule has 0 aromatic carbocycles. The van der Waals surface area contributed by atoms with E-state index in [9.17, 15) is 5.11 Å². The Kier molecular flexibility index (Phi) is 3.97. The summed E-state index contributed by atoms with van der Waals surface area (Å²) < 4.78 is 5.61. The third-order valence-corrected chi connectivity index (χ3v) is 3.07. The van der Waals surface area contributed by atoms with Crippen LogP contribution in [-0.2, 0) is 11.3 Å². The zero-order valence-electron chi connectivity index (χ0n) is 10.5. The molecule has 94 valence electrons. The highest BCUT2D eigenvalue weighted by Gasteiger charge is 2.18. The fourth-order valence-corrected chi connectivity index (χ4v) is 2.20. The first-order valence-corrected chi connectivity index (χ1v) is 6.10. The minimum Gasteiger partial charge on any atom is -0.392 e. The quantitative estimate of drug-likeness (QED) is 0.860. The molecule has 4 heteroatoms. The average molecular weight is 236 g/mol. The summed E-state index contributed by atoms with van der Waals surface area (Å²) in [6.07, 6.45) is 2.60. The lowest BCUT2D eigenvalue weighted by Crippen LogP contribution is -2.29. The molecule has 0 saturated carbocycles. The van der Waals surface area contributed by atoms with Gasteiger partial charge in [0.25, 0.3) is 0 Å². The summed E-state index contributed by atoms with van der Waals surface area (Å²) in [6.45, 7) is 3.75. The number of rotatable bonds is 4. The highest BCUT2D eigenvalue weighted by atomic mass is 16.5. The molecule has 2 rings (SSSR count). The summed E-state index contributed by atoms with van der Waals surface area (Å²) in [5.41, 5.74) is 1.84. The number of aliphatic hydroxyl groups excluding tert-OH is 1. The second-order valence-electron chi connectivity index (χ2n) is 4.65. The van der Waals surface area contributed by atoms with Crippen LogP contribution in [0.25, 0.3) is 0 Å². The van der Waals surface area contributed by atoms with Crippen LogP contribution >= 0.6 is 0 Å². The molecule has 2 heterocycles. The van der Waals surface area contributed by atoms with E-state index in [1.807, 2.05) is 26.1 Å². The smallest absolute Gasteiger partial charge is 0.128 e. The summed E-state index contributed by atoms with van der Waals surface area (Å²) >= 11 is 0. The molecule has 1 aromatic rings. The summed E-state index contributed by atoms with van der Waals surface area (Å²) in [7, 11) is 2.02. The Labute approximate surface area is 102 Å². The minimum atomic E-state index is 0.0597. The van der Waals surface area contributed by atoms with E-state index >= 15 is 0 Å². The molecule has 0 amide bonds. The van der Waals surface area contributed by atoms with E-state index in [2.05, 4.69) is 9.88 Å². The van der Waals surface area contributed by atoms with Gasteiger partial charge in [0.1, 0.15) is 5.82 Å². The molecule has 4 nitrogen and oxygen atoms in total. The number of aliphatic hydroxyl groups is 1. The van der Waals surface area contributed by atoms with E-state index in [-0.39, 0.29) is 6.61 Å². The van der Waals surface area contributed by atoms with Gasteiger partial charge in [0.15, 0.2) is 0 Å². The van der Waals surface area contributed by atoms with Crippen molar-refractivity contribution in [3.05, 3.63) is 23.4 Å². The molecule has 1 atom stereocenters. The first kappa shape index (κ1) is 12.3. The van der Waals surface area contributed by atoms with Gasteiger partial charge in [-0.3, -0.25) is 0 Å². The third kappa shape index (κ3) is 3.17. The molecule has 1 aliphatic heterocycles. The topological polar surface area (TPSA) is 45.6 Å². The normalized spacial score (nSPS) is 19.6. The number of anilines is 1. The molecule has 1 N–H and O–H groups in total. The van der Waals surface area contributed by atoms with Crippen molar-refractivity contribution in [2.75, 3.05) is 25.1 Å². The maximum atomic E-state index is 9.18. The zero-order valence-corrected chi connectivity index (χ0v) is 10.5. The number of likely N-dealkylation sites (N-methyl/N-ethyl adjacent to an activating group) is 1. The highest BCUT2D eigenvalue weighted by molar-refractivity contribution is 5.41. The van der Waals surface area contributed by atoms with Crippen LogP contribution in [0.15, 0.2) is 12.1 Å². The first-order chi connectivity index (χ1) is 8.19. The Bertz CT molecular complexity index is 376. The van der Waals surface area contributed by atoms with Crippen LogP contribution in [0.5, 0.6) is 0 Å². The Morgan fingerprint density at radius 3 is 3.00 bits per heavy atom. The monoisotopic (exact) mass is 236 g/mol. The number of aromatic nitrogens is 1. The lowest BCUT2D eigenvalue weighted by atomic mass is 10.2. The van der Waals surface area contributed by atoms with Crippen molar-refractivity contribution in [1.82, 2.24) is 4.98 Å². The number of pyridine rings is 1. The molecule has 1 saturated heterocycles. The van der Waals surface area contributed by atoms with Crippen molar-refractivity contribution in [2.45, 2.75) is 32.5 Å². The minimum absolute atomic E-state index is 0.0597. The Balaban J connectivity index is 2.06. The predicted octanol–water partition coefficient (Wildman–Crippen LogP) is 1.50. The summed E-state index contributed by atoms with van der Waals surface area (Å²) in [5, 5.41) is 9.18. The summed E-state index contributed by atoms with van der Waals surface area (Å²) in [4.78, 5) is 6.58. The van der Waals surface area contributed by atoms with E-state index in [1.54, 1.807) is 0 Å². The average Bonchev–Trinajstić information content (AvgIpc) is 2.81. The fraction of sp³-hybridized carbons (Fsp3) is 0.615. The maximum absolute atomic E-state index is 9.18. The van der Waals surface area contributed by atoms with E-state index in [4.69, 9.17) is 4.74 Å². The zero-order chi connectivity index (χ0) is 12.3. The molecule has 0 aliphatic carbocycles. The van der Waals surface area contributed by atoms with Gasteiger partial charge in [-0.1, -0.05) is 0 Å². The number of nitrogens with zero attached hydrogens (tertiary/aromatic N) is 2. The van der Waals surface area contributed by atoms with Crippen molar-refractivity contribution in [2.24, 2.45) is 0 Å². The van der Waals surface area contributed by atoms with Gasteiger partial charge in [0.2, 0.25) is 0 Å². The molecule has 1 fully saturated rings. The van der Waals surface area contributed by atoms with Gasteiger partial charge in [0, 0.05) is 25.9 Å². The summed E-state index contributed by atoms with van der Waals surface area (Å²) in [5.74, 6) is 0.907. The van der Waals surface area contributed by atoms with E-state index in [0.29, 0.717) is 6.10 Å². The standard InChI is InChI=1S/C13H20N2O2/c1-10-6-11(9-16)7-13(14-10)15(2)8-12-4-3-5-17-12/h6-7,12,16H,3-5,8-9H2,1-2H3. The molecular formula is C13H20N2O2. The van der Waals surface area contributed by atoms with Gasteiger partial charge in [0.05, 0.1) is 12.7 Å². The van der Waals surface area contributed by atoms with E-state index < -0.39 is 0 Å². The number of aryl methyl sites for hydroxylation is 1. The Morgan fingerprint density at radius 2 is 2.35 bits per heavy atom. The SMILES string of the molecule is Cc1cc(CO)cc(N(C)CC2CCCO2)n1. The van der Waals surface area contributed by atoms with E-state index in [1.165, 1.54) is 0 Å². The van der Waals surface area contributed by atoms with Crippen molar-refractivity contribution >= 4 is 5.82 Å². The maximum Gasteiger partial charge on any atom is 0.128 e. The molecule has 1 unspecified atom stereocenters. The third-order valence-electron chi connectivity index (χ3n) is 3.07. The lowest BCUT2D eigenvalue weighted by molar-refractivity contribution is 0.116. The van der Waals surface area contributed by atoms with Crippen LogP contribution in [0.3, 0.4) is 0 Å². The van der Waals surface area contributed by atoms with Gasteiger partial charge < -0.3 is 14.7 Å². The van der Waals surface area contributed by atoms with Crippen LogP contribution in [0.1, 0.15) is 24.1 Å². The largest absolute Gasteiger partial charge is 0.392 e. The van der Waals surface area contributed by atoms with Crippen LogP contribution in [0.2, 0.25) is 0 Å². The Morgan fingerprint density at radius 1 is 1.53 bits per heavy atom. The molecule has 17 heavy (non-hydrogen) atoms. The van der Waals surface area contributed by atoms with E-state index in [0.717, 1.165) is 43.1 Å². The van der Waals surface area contributed by atoms with Crippen molar-refractivity contribution in [3.8, 4) is 0 Å². The van der Waals surface area contributed by atoms with Crippen molar-refractivity contribution < 1.29 is 9.84 Å². The lowest BCUT2D eigenvalue weighted by Gasteiger charge is -2.22. The van der Waals surface area contributed by atoms with Crippen LogP contribution in [0.4, 0.5) is 5.82 Å². The molecule has 0 bridgehead atoms. The molecule has 0 radical (unpaired) electrons. The fourth-order valence-electron chi connectivity index (χ4n) is 2.20. The molecular weight excluding hydrogens is 216 g/mol. The summed E-state index contributed by atoms with van der Waals surface area (Å²) in [6, 6.07) is 3.84. The Hall–Kier alpha value is -1.13. The predicted molar refractivity (Wildman–Crippen MR) is 67.1 cm³/mol. The van der Waals surface area contributed by atoms with Crippen LogP contribution in [0, 0.1) is 6.92 Å². The van der Waals surface area contributed by atoms with Gasteiger partial charge in [-0.05, 0) is 37.5 Å². The van der Waals surface area contributed by atoms with Gasteiger partial charge >= 0.3 is 0 Å². The number of hydrogen-bond acceptors (Lipinski definition) is 4. The molecule has 0 spiro atoms. The molecule has 1 aliphatic rings. The second kappa shape index (κ2) is 5.47. The highest BCUT2D eigenvalue weighted by Crippen LogP contribution is 2.18. The van der Waals surface area contributed by atoms with Gasteiger partial charge in [-0.25, -0.2) is 4.98 Å². The molecule has 1 aromatic heterocycles. The first-order valence-electron chi connectivity index (χ1n) is 6.10. The number of ether oxygens (including phenoxy) is 1. The van der Waals surface area contributed by atoms with Crippen molar-refractivity contribution in [1.29, 1.82) is 0 Å². The van der Waals surface area contributed by atoms with Crippen LogP contribution in [-0.4, -0.2) is 36.4 Å². The van der Waals surface area contributed by atoms with Gasteiger partial charge in [-0.15, -0.1) is 0 Å². The second-order valence-corrected chi connectivity index (χ2v) is 4.65. The van der Waals surface area contributed by atoms with Crippen molar-refractivity contribution in [3.63, 3.8) is 0 Å². The van der Waals surface area contributed by atoms with Gasteiger partial charge in [-0.2, -0.15) is 0 Å².